The Kier molecular flexibility index (Phi) is 1.54. The topological polar surface area (TPSA) is 0 Å². The second kappa shape index (κ2) is 2.55. The number of benzene rings is 2. The molecule has 0 aliphatic heterocycles. The average molecular weight is 162 g/mol. The molecule has 0 saturated carbocycles. The average Bonchev–Trinajstić information content (AvgIpc) is 2.12. The fraction of sp³-hybridized carbons (Fsp3) is 0. The second-order valence-corrected chi connectivity index (χ2v) is 2.42. The van der Waals surface area contributed by atoms with Gasteiger partial charge in [0.15, 0.2) is 0 Å². The summed E-state index contributed by atoms with van der Waals surface area (Å²) in [6.45, 7) is 0. The van der Waals surface area contributed by atoms with Crippen LogP contribution in [-0.2, 0) is 0 Å². The van der Waals surface area contributed by atoms with Crippen LogP contribution in [0.25, 0.3) is 10.8 Å². The number of hydrogen-bond acceptors (Lipinski definition) is 0. The van der Waals surface area contributed by atoms with Gasteiger partial charge in [-0.15, -0.1) is 0 Å². The monoisotopic (exact) mass is 162 g/mol. The summed E-state index contributed by atoms with van der Waals surface area (Å²) in [5.74, 6) is -0.997. The minimum absolute atomic E-state index is 0.244. The Morgan fingerprint density at radius 1 is 1.08 bits per heavy atom. The minimum atomic E-state index is -0.527. The maximum atomic E-state index is 12.9. The van der Waals surface area contributed by atoms with E-state index in [1.807, 2.05) is 0 Å². The van der Waals surface area contributed by atoms with Crippen LogP contribution in [0.3, 0.4) is 0 Å². The second-order valence-electron chi connectivity index (χ2n) is 2.42. The van der Waals surface area contributed by atoms with E-state index in [0.717, 1.165) is 6.07 Å². The van der Waals surface area contributed by atoms with Crippen LogP contribution in [0.4, 0.5) is 8.78 Å². The van der Waals surface area contributed by atoms with Gasteiger partial charge in [0.1, 0.15) is 11.6 Å². The first-order valence-electron chi connectivity index (χ1n) is 3.44. The lowest BCUT2D eigenvalue weighted by Gasteiger charge is -1.98. The quantitative estimate of drug-likeness (QED) is 0.558. The smallest absolute Gasteiger partial charge is 0.139 e. The Morgan fingerprint density at radius 3 is 2.67 bits per heavy atom. The van der Waals surface area contributed by atoms with Crippen molar-refractivity contribution < 1.29 is 8.78 Å². The summed E-state index contributed by atoms with van der Waals surface area (Å²) >= 11 is 0. The molecule has 0 heterocycles. The summed E-state index contributed by atoms with van der Waals surface area (Å²) in [6, 6.07) is 10.3. The molecule has 2 aromatic carbocycles. The van der Waals surface area contributed by atoms with E-state index < -0.39 is 11.6 Å². The zero-order chi connectivity index (χ0) is 8.55. The van der Waals surface area contributed by atoms with Crippen LogP contribution in [0.2, 0.25) is 0 Å². The van der Waals surface area contributed by atoms with Crippen molar-refractivity contribution in [2.75, 3.05) is 0 Å². The molecule has 58 valence electrons. The SMILES string of the molecule is Fc1[c]cc(F)c2c[c]ccc12. The Hall–Kier alpha value is -1.44. The molecular formula is C10H4F2. The van der Waals surface area contributed by atoms with Crippen LogP contribution in [0, 0.1) is 23.8 Å². The van der Waals surface area contributed by atoms with Gasteiger partial charge in [0, 0.05) is 16.8 Å². The first-order valence-corrected chi connectivity index (χ1v) is 3.44. The highest BCUT2D eigenvalue weighted by molar-refractivity contribution is 5.83. The Balaban J connectivity index is 2.95. The normalized spacial score (nSPS) is 10.5. The van der Waals surface area contributed by atoms with E-state index in [0.29, 0.717) is 0 Å². The first kappa shape index (κ1) is 7.22. The van der Waals surface area contributed by atoms with E-state index in [-0.39, 0.29) is 10.8 Å². The maximum absolute atomic E-state index is 12.9. The molecule has 0 aliphatic rings. The lowest BCUT2D eigenvalue weighted by atomic mass is 10.1. The molecular weight excluding hydrogens is 158 g/mol. The molecule has 2 rings (SSSR count). The third kappa shape index (κ3) is 0.961. The molecule has 2 radical (unpaired) electrons. The van der Waals surface area contributed by atoms with Gasteiger partial charge in [0.25, 0.3) is 0 Å². The summed E-state index contributed by atoms with van der Waals surface area (Å²) in [6.07, 6.45) is 0. The Bertz CT molecular complexity index is 381. The zero-order valence-corrected chi connectivity index (χ0v) is 6.07. The molecule has 12 heavy (non-hydrogen) atoms. The van der Waals surface area contributed by atoms with Crippen molar-refractivity contribution in [3.63, 3.8) is 0 Å². The van der Waals surface area contributed by atoms with Crippen LogP contribution in [0.1, 0.15) is 0 Å². The lowest BCUT2D eigenvalue weighted by Crippen LogP contribution is -1.83. The zero-order valence-electron chi connectivity index (χ0n) is 6.07. The van der Waals surface area contributed by atoms with Crippen molar-refractivity contribution >= 4 is 10.8 Å². The van der Waals surface area contributed by atoms with Crippen molar-refractivity contribution in [1.29, 1.82) is 0 Å². The van der Waals surface area contributed by atoms with Crippen molar-refractivity contribution in [2.24, 2.45) is 0 Å². The van der Waals surface area contributed by atoms with E-state index in [9.17, 15) is 8.78 Å². The molecule has 0 aromatic heterocycles. The van der Waals surface area contributed by atoms with Crippen LogP contribution >= 0.6 is 0 Å². The van der Waals surface area contributed by atoms with E-state index >= 15 is 0 Å². The van der Waals surface area contributed by atoms with Gasteiger partial charge in [-0.1, -0.05) is 12.1 Å². The van der Waals surface area contributed by atoms with E-state index in [1.54, 1.807) is 6.07 Å². The molecule has 0 unspecified atom stereocenters. The molecule has 2 aromatic rings. The van der Waals surface area contributed by atoms with E-state index in [2.05, 4.69) is 12.1 Å². The van der Waals surface area contributed by atoms with Gasteiger partial charge >= 0.3 is 0 Å². The fourth-order valence-corrected chi connectivity index (χ4v) is 1.10. The van der Waals surface area contributed by atoms with Crippen LogP contribution in [0.15, 0.2) is 24.3 Å². The molecule has 2 heteroatoms. The summed E-state index contributed by atoms with van der Waals surface area (Å²) < 4.78 is 25.9. The first-order chi connectivity index (χ1) is 5.79. The molecule has 0 N–H and O–H groups in total. The number of fused-ring (bicyclic) bond motifs is 1. The summed E-state index contributed by atoms with van der Waals surface area (Å²) in [5.41, 5.74) is 0. The van der Waals surface area contributed by atoms with E-state index in [4.69, 9.17) is 0 Å². The van der Waals surface area contributed by atoms with Crippen molar-refractivity contribution in [3.8, 4) is 0 Å². The van der Waals surface area contributed by atoms with Crippen LogP contribution < -0.4 is 0 Å². The van der Waals surface area contributed by atoms with Crippen molar-refractivity contribution in [2.45, 2.75) is 0 Å². The molecule has 0 fully saturated rings. The number of rotatable bonds is 0. The molecule has 0 aliphatic carbocycles. The molecule has 0 spiro atoms. The summed E-state index contributed by atoms with van der Waals surface area (Å²) in [7, 11) is 0. The fourth-order valence-electron chi connectivity index (χ4n) is 1.10. The number of hydrogen-bond donors (Lipinski definition) is 0. The Labute approximate surface area is 68.4 Å². The van der Waals surface area contributed by atoms with Crippen LogP contribution in [0.5, 0.6) is 0 Å². The predicted molar refractivity (Wildman–Crippen MR) is 41.5 cm³/mol. The maximum Gasteiger partial charge on any atom is 0.139 e. The Morgan fingerprint density at radius 2 is 1.92 bits per heavy atom. The highest BCUT2D eigenvalue weighted by Crippen LogP contribution is 2.19. The van der Waals surface area contributed by atoms with Gasteiger partial charge in [-0.25, -0.2) is 8.78 Å². The predicted octanol–water partition coefficient (Wildman–Crippen LogP) is 2.72. The third-order valence-electron chi connectivity index (χ3n) is 1.68. The lowest BCUT2D eigenvalue weighted by molar-refractivity contribution is 0.616. The van der Waals surface area contributed by atoms with Crippen molar-refractivity contribution in [3.05, 3.63) is 48.0 Å². The van der Waals surface area contributed by atoms with Crippen molar-refractivity contribution in [1.82, 2.24) is 0 Å². The summed E-state index contributed by atoms with van der Waals surface area (Å²) in [5, 5.41) is 0.488. The van der Waals surface area contributed by atoms with Gasteiger partial charge in [-0.2, -0.15) is 0 Å². The van der Waals surface area contributed by atoms with Crippen LogP contribution in [-0.4, -0.2) is 0 Å². The van der Waals surface area contributed by atoms with Gasteiger partial charge in [0.05, 0.1) is 0 Å². The van der Waals surface area contributed by atoms with Gasteiger partial charge in [-0.3, -0.25) is 0 Å². The summed E-state index contributed by atoms with van der Waals surface area (Å²) in [4.78, 5) is 0. The van der Waals surface area contributed by atoms with Gasteiger partial charge in [0.2, 0.25) is 0 Å². The number of halogens is 2. The molecule has 0 bridgehead atoms. The standard InChI is InChI=1S/C10H4F2/c11-9-5-6-10(12)8-4-2-1-3-7(8)9/h1,3-4,6H. The molecule has 0 atom stereocenters. The van der Waals surface area contributed by atoms with Gasteiger partial charge in [-0.05, 0) is 18.2 Å². The molecule has 0 saturated heterocycles. The molecule has 0 amide bonds. The largest absolute Gasteiger partial charge is 0.206 e. The van der Waals surface area contributed by atoms with Gasteiger partial charge < -0.3 is 0 Å². The van der Waals surface area contributed by atoms with E-state index in [1.165, 1.54) is 12.1 Å². The minimum Gasteiger partial charge on any atom is -0.206 e. The third-order valence-corrected chi connectivity index (χ3v) is 1.68. The highest BCUT2D eigenvalue weighted by atomic mass is 19.1. The highest BCUT2D eigenvalue weighted by Gasteiger charge is 2.03. The molecule has 0 nitrogen and oxygen atoms in total.